The van der Waals surface area contributed by atoms with Crippen molar-refractivity contribution in [2.75, 3.05) is 18.2 Å². The van der Waals surface area contributed by atoms with E-state index in [9.17, 15) is 9.90 Å². The van der Waals surface area contributed by atoms with Crippen molar-refractivity contribution in [2.24, 2.45) is 0 Å². The van der Waals surface area contributed by atoms with Gasteiger partial charge in [0.1, 0.15) is 6.10 Å². The number of hydrogen-bond acceptors (Lipinski definition) is 3. The molecule has 0 aliphatic carbocycles. The third kappa shape index (κ3) is 2.38. The van der Waals surface area contributed by atoms with Crippen LogP contribution < -0.4 is 0 Å². The zero-order chi connectivity index (χ0) is 8.97. The van der Waals surface area contributed by atoms with Crippen LogP contribution in [-0.4, -0.2) is 40.2 Å². The largest absolute Gasteiger partial charge is 0.383 e. The summed E-state index contributed by atoms with van der Waals surface area (Å²) in [6, 6.07) is 0. The summed E-state index contributed by atoms with van der Waals surface area (Å²) in [7, 11) is 0. The SMILES string of the molecule is CCCC(O)C(=O)N1CCSC1. The quantitative estimate of drug-likeness (QED) is 0.709. The molecule has 1 N–H and O–H groups in total. The van der Waals surface area contributed by atoms with E-state index >= 15 is 0 Å². The predicted molar refractivity (Wildman–Crippen MR) is 50.0 cm³/mol. The van der Waals surface area contributed by atoms with Crippen molar-refractivity contribution in [3.05, 3.63) is 0 Å². The van der Waals surface area contributed by atoms with Crippen LogP contribution in [0.3, 0.4) is 0 Å². The Morgan fingerprint density at radius 1 is 1.75 bits per heavy atom. The minimum absolute atomic E-state index is 0.0955. The molecule has 1 unspecified atom stereocenters. The van der Waals surface area contributed by atoms with Crippen molar-refractivity contribution in [3.8, 4) is 0 Å². The second-order valence-corrected chi connectivity index (χ2v) is 4.02. The van der Waals surface area contributed by atoms with Gasteiger partial charge < -0.3 is 10.0 Å². The lowest BCUT2D eigenvalue weighted by atomic mass is 10.2. The van der Waals surface area contributed by atoms with Gasteiger partial charge in [-0.3, -0.25) is 4.79 Å². The first-order valence-corrected chi connectivity index (χ1v) is 5.45. The number of carbonyl (C=O) groups excluding carboxylic acids is 1. The van der Waals surface area contributed by atoms with Crippen molar-refractivity contribution >= 4 is 17.7 Å². The Morgan fingerprint density at radius 2 is 2.50 bits per heavy atom. The normalized spacial score (nSPS) is 19.7. The second kappa shape index (κ2) is 4.72. The Labute approximate surface area is 77.1 Å². The predicted octanol–water partition coefficient (Wildman–Crippen LogP) is 0.680. The average molecular weight is 189 g/mol. The molecule has 3 nitrogen and oxygen atoms in total. The molecule has 0 spiro atoms. The summed E-state index contributed by atoms with van der Waals surface area (Å²) >= 11 is 1.74. The molecule has 12 heavy (non-hydrogen) atoms. The van der Waals surface area contributed by atoms with Crippen molar-refractivity contribution in [1.29, 1.82) is 0 Å². The molecular formula is C8H15NO2S. The molecule has 0 aromatic rings. The fraction of sp³-hybridized carbons (Fsp3) is 0.875. The maximum Gasteiger partial charge on any atom is 0.252 e. The van der Waals surface area contributed by atoms with E-state index in [-0.39, 0.29) is 5.91 Å². The fourth-order valence-corrected chi connectivity index (χ4v) is 2.15. The standard InChI is InChI=1S/C8H15NO2S/c1-2-3-7(10)8(11)9-4-5-12-6-9/h7,10H,2-6H2,1H3. The number of carbonyl (C=O) groups is 1. The summed E-state index contributed by atoms with van der Waals surface area (Å²) in [6.45, 7) is 2.76. The number of thioether (sulfide) groups is 1. The number of rotatable bonds is 3. The van der Waals surface area contributed by atoms with Gasteiger partial charge in [0.05, 0.1) is 5.88 Å². The average Bonchev–Trinajstić information content (AvgIpc) is 2.55. The minimum atomic E-state index is -0.770. The molecule has 0 bridgehead atoms. The molecular weight excluding hydrogens is 174 g/mol. The van der Waals surface area contributed by atoms with Gasteiger partial charge >= 0.3 is 0 Å². The third-order valence-corrected chi connectivity index (χ3v) is 2.88. The maximum atomic E-state index is 11.4. The molecule has 70 valence electrons. The molecule has 1 saturated heterocycles. The van der Waals surface area contributed by atoms with Crippen LogP contribution in [0.1, 0.15) is 19.8 Å². The number of aliphatic hydroxyl groups is 1. The number of nitrogens with zero attached hydrogens (tertiary/aromatic N) is 1. The highest BCUT2D eigenvalue weighted by Gasteiger charge is 2.23. The first kappa shape index (κ1) is 9.86. The summed E-state index contributed by atoms with van der Waals surface area (Å²) < 4.78 is 0. The fourth-order valence-electron chi connectivity index (χ4n) is 1.20. The van der Waals surface area contributed by atoms with E-state index in [4.69, 9.17) is 0 Å². The summed E-state index contributed by atoms with van der Waals surface area (Å²) in [5, 5.41) is 9.38. The van der Waals surface area contributed by atoms with E-state index in [2.05, 4.69) is 0 Å². The lowest BCUT2D eigenvalue weighted by Crippen LogP contribution is -2.37. The molecule has 0 aromatic carbocycles. The van der Waals surface area contributed by atoms with E-state index in [0.29, 0.717) is 6.42 Å². The monoisotopic (exact) mass is 189 g/mol. The highest BCUT2D eigenvalue weighted by atomic mass is 32.2. The van der Waals surface area contributed by atoms with Crippen molar-refractivity contribution < 1.29 is 9.90 Å². The molecule has 1 aliphatic rings. The van der Waals surface area contributed by atoms with Crippen molar-refractivity contribution in [2.45, 2.75) is 25.9 Å². The van der Waals surface area contributed by atoms with E-state index in [1.54, 1.807) is 16.7 Å². The molecule has 1 rings (SSSR count). The van der Waals surface area contributed by atoms with E-state index in [0.717, 1.165) is 24.6 Å². The Balaban J connectivity index is 2.34. The minimum Gasteiger partial charge on any atom is -0.383 e. The highest BCUT2D eigenvalue weighted by Crippen LogP contribution is 2.15. The van der Waals surface area contributed by atoms with Gasteiger partial charge in [0.15, 0.2) is 0 Å². The van der Waals surface area contributed by atoms with Gasteiger partial charge in [0.2, 0.25) is 0 Å². The van der Waals surface area contributed by atoms with E-state index < -0.39 is 6.10 Å². The zero-order valence-corrected chi connectivity index (χ0v) is 8.14. The van der Waals surface area contributed by atoms with Crippen molar-refractivity contribution in [3.63, 3.8) is 0 Å². The van der Waals surface area contributed by atoms with Crippen LogP contribution in [0, 0.1) is 0 Å². The molecule has 1 fully saturated rings. The van der Waals surface area contributed by atoms with Crippen LogP contribution in [0.15, 0.2) is 0 Å². The molecule has 1 amide bonds. The Bertz CT molecular complexity index is 157. The molecule has 0 saturated carbocycles. The Hall–Kier alpha value is -0.220. The topological polar surface area (TPSA) is 40.5 Å². The highest BCUT2D eigenvalue weighted by molar-refractivity contribution is 7.99. The molecule has 1 atom stereocenters. The summed E-state index contributed by atoms with van der Waals surface area (Å²) in [6.07, 6.45) is 0.669. The summed E-state index contributed by atoms with van der Waals surface area (Å²) in [4.78, 5) is 13.1. The molecule has 4 heteroatoms. The van der Waals surface area contributed by atoms with Crippen LogP contribution in [0.2, 0.25) is 0 Å². The van der Waals surface area contributed by atoms with Crippen molar-refractivity contribution in [1.82, 2.24) is 4.90 Å². The second-order valence-electron chi connectivity index (χ2n) is 2.94. The summed E-state index contributed by atoms with van der Waals surface area (Å²) in [5.74, 6) is 1.66. The van der Waals surface area contributed by atoms with Crippen LogP contribution in [0.4, 0.5) is 0 Å². The van der Waals surface area contributed by atoms with Gasteiger partial charge in [-0.05, 0) is 6.42 Å². The smallest absolute Gasteiger partial charge is 0.252 e. The first-order valence-electron chi connectivity index (χ1n) is 4.30. The molecule has 0 aromatic heterocycles. The Morgan fingerprint density at radius 3 is 3.00 bits per heavy atom. The van der Waals surface area contributed by atoms with Crippen LogP contribution >= 0.6 is 11.8 Å². The van der Waals surface area contributed by atoms with Gasteiger partial charge in [-0.25, -0.2) is 0 Å². The number of amides is 1. The van der Waals surface area contributed by atoms with Gasteiger partial charge in [0, 0.05) is 12.3 Å². The van der Waals surface area contributed by atoms with Gasteiger partial charge in [0.25, 0.3) is 5.91 Å². The van der Waals surface area contributed by atoms with E-state index in [1.807, 2.05) is 6.92 Å². The molecule has 1 heterocycles. The van der Waals surface area contributed by atoms with Crippen LogP contribution in [-0.2, 0) is 4.79 Å². The lowest BCUT2D eigenvalue weighted by Gasteiger charge is -2.17. The summed E-state index contributed by atoms with van der Waals surface area (Å²) in [5.41, 5.74) is 0. The van der Waals surface area contributed by atoms with Crippen LogP contribution in [0.25, 0.3) is 0 Å². The first-order chi connectivity index (χ1) is 5.75. The van der Waals surface area contributed by atoms with Crippen LogP contribution in [0.5, 0.6) is 0 Å². The van der Waals surface area contributed by atoms with E-state index in [1.165, 1.54) is 0 Å². The zero-order valence-electron chi connectivity index (χ0n) is 7.32. The number of hydrogen-bond donors (Lipinski definition) is 1. The molecule has 0 radical (unpaired) electrons. The van der Waals surface area contributed by atoms with Gasteiger partial charge in [-0.1, -0.05) is 13.3 Å². The number of aliphatic hydroxyl groups excluding tert-OH is 1. The van der Waals surface area contributed by atoms with Gasteiger partial charge in [-0.2, -0.15) is 0 Å². The third-order valence-electron chi connectivity index (χ3n) is 1.91. The lowest BCUT2D eigenvalue weighted by molar-refractivity contribution is -0.138. The van der Waals surface area contributed by atoms with Gasteiger partial charge in [-0.15, -0.1) is 11.8 Å². The Kier molecular flexibility index (Phi) is 3.88. The maximum absolute atomic E-state index is 11.4. The molecule has 1 aliphatic heterocycles.